The maximum Gasteiger partial charge on any atom is 0.154 e. The molecule has 0 rings (SSSR count). The summed E-state index contributed by atoms with van der Waals surface area (Å²) in [7, 11) is 3.22. The standard InChI is InChI=1S/C12H26O5/c1-9(7-15-11(3)13-5)17-10(2)8-16-12(4)14-6/h9-12H,7-8H2,1-6H3. The number of hydrogen-bond donors (Lipinski definition) is 0. The molecule has 0 aliphatic heterocycles. The van der Waals surface area contributed by atoms with Gasteiger partial charge in [0.25, 0.3) is 0 Å². The molecule has 4 atom stereocenters. The van der Waals surface area contributed by atoms with E-state index in [0.29, 0.717) is 13.2 Å². The van der Waals surface area contributed by atoms with E-state index in [1.165, 1.54) is 0 Å². The van der Waals surface area contributed by atoms with E-state index in [4.69, 9.17) is 23.7 Å². The predicted molar refractivity (Wildman–Crippen MR) is 64.9 cm³/mol. The molecule has 0 heterocycles. The molecule has 0 spiro atoms. The van der Waals surface area contributed by atoms with Gasteiger partial charge in [0.05, 0.1) is 25.4 Å². The first kappa shape index (κ1) is 16.8. The Balaban J connectivity index is 3.61. The van der Waals surface area contributed by atoms with Crippen molar-refractivity contribution >= 4 is 0 Å². The molecule has 0 aliphatic rings. The van der Waals surface area contributed by atoms with Crippen molar-refractivity contribution in [2.75, 3.05) is 27.4 Å². The zero-order chi connectivity index (χ0) is 13.3. The average molecular weight is 250 g/mol. The van der Waals surface area contributed by atoms with E-state index in [9.17, 15) is 0 Å². The summed E-state index contributed by atoms with van der Waals surface area (Å²) in [5.74, 6) is 0. The minimum atomic E-state index is -0.207. The van der Waals surface area contributed by atoms with Gasteiger partial charge in [-0.1, -0.05) is 0 Å². The lowest BCUT2D eigenvalue weighted by Crippen LogP contribution is -2.28. The molecule has 0 aliphatic carbocycles. The molecule has 0 radical (unpaired) electrons. The van der Waals surface area contributed by atoms with Crippen LogP contribution in [-0.4, -0.2) is 52.2 Å². The molecule has 0 saturated heterocycles. The van der Waals surface area contributed by atoms with Crippen LogP contribution < -0.4 is 0 Å². The molecule has 17 heavy (non-hydrogen) atoms. The maximum atomic E-state index is 5.68. The Bertz CT molecular complexity index is 158. The molecule has 0 fully saturated rings. The first-order valence-electron chi connectivity index (χ1n) is 5.93. The highest BCUT2D eigenvalue weighted by atomic mass is 16.7. The van der Waals surface area contributed by atoms with Crippen molar-refractivity contribution in [2.24, 2.45) is 0 Å². The van der Waals surface area contributed by atoms with Crippen LogP contribution in [0.1, 0.15) is 27.7 Å². The van der Waals surface area contributed by atoms with Crippen LogP contribution in [0.5, 0.6) is 0 Å². The first-order valence-corrected chi connectivity index (χ1v) is 5.93. The minimum absolute atomic E-state index is 0.00375. The summed E-state index contributed by atoms with van der Waals surface area (Å²) >= 11 is 0. The number of hydrogen-bond acceptors (Lipinski definition) is 5. The second-order valence-electron chi connectivity index (χ2n) is 4.03. The van der Waals surface area contributed by atoms with Gasteiger partial charge < -0.3 is 23.7 Å². The van der Waals surface area contributed by atoms with Crippen LogP contribution in [0.2, 0.25) is 0 Å². The van der Waals surface area contributed by atoms with E-state index >= 15 is 0 Å². The molecule has 0 aromatic heterocycles. The molecule has 104 valence electrons. The highest BCUT2D eigenvalue weighted by Gasteiger charge is 2.12. The van der Waals surface area contributed by atoms with Gasteiger partial charge in [-0.2, -0.15) is 0 Å². The second-order valence-corrected chi connectivity index (χ2v) is 4.03. The van der Waals surface area contributed by atoms with Crippen LogP contribution in [-0.2, 0) is 23.7 Å². The Kier molecular flexibility index (Phi) is 9.68. The highest BCUT2D eigenvalue weighted by molar-refractivity contribution is 4.54. The van der Waals surface area contributed by atoms with Gasteiger partial charge in [0.2, 0.25) is 0 Å². The number of ether oxygens (including phenoxy) is 5. The lowest BCUT2D eigenvalue weighted by Gasteiger charge is -2.21. The van der Waals surface area contributed by atoms with Gasteiger partial charge in [0, 0.05) is 14.2 Å². The van der Waals surface area contributed by atoms with Gasteiger partial charge in [0.1, 0.15) is 0 Å². The third kappa shape index (κ3) is 9.50. The Morgan fingerprint density at radius 2 is 1.06 bits per heavy atom. The lowest BCUT2D eigenvalue weighted by atomic mass is 10.4. The zero-order valence-corrected chi connectivity index (χ0v) is 11.8. The van der Waals surface area contributed by atoms with E-state index in [0.717, 1.165) is 0 Å². The number of methoxy groups -OCH3 is 2. The summed E-state index contributed by atoms with van der Waals surface area (Å²) < 4.78 is 26.4. The quantitative estimate of drug-likeness (QED) is 0.553. The Morgan fingerprint density at radius 1 is 0.706 bits per heavy atom. The fourth-order valence-corrected chi connectivity index (χ4v) is 1.15. The van der Waals surface area contributed by atoms with Crippen molar-refractivity contribution in [3.8, 4) is 0 Å². The smallest absolute Gasteiger partial charge is 0.154 e. The molecule has 0 amide bonds. The minimum Gasteiger partial charge on any atom is -0.371 e. The van der Waals surface area contributed by atoms with E-state index in [2.05, 4.69) is 0 Å². The number of rotatable bonds is 10. The zero-order valence-electron chi connectivity index (χ0n) is 11.8. The summed E-state index contributed by atoms with van der Waals surface area (Å²) in [5.41, 5.74) is 0. The van der Waals surface area contributed by atoms with Crippen molar-refractivity contribution < 1.29 is 23.7 Å². The maximum absolute atomic E-state index is 5.68. The van der Waals surface area contributed by atoms with E-state index in [1.807, 2.05) is 27.7 Å². The fourth-order valence-electron chi connectivity index (χ4n) is 1.15. The Labute approximate surface area is 104 Å². The van der Waals surface area contributed by atoms with Gasteiger partial charge in [-0.15, -0.1) is 0 Å². The van der Waals surface area contributed by atoms with Crippen molar-refractivity contribution in [3.63, 3.8) is 0 Å². The van der Waals surface area contributed by atoms with Gasteiger partial charge in [-0.3, -0.25) is 0 Å². The second kappa shape index (κ2) is 9.79. The summed E-state index contributed by atoms with van der Waals surface area (Å²) in [5, 5.41) is 0. The largest absolute Gasteiger partial charge is 0.371 e. The van der Waals surface area contributed by atoms with Crippen LogP contribution in [0.25, 0.3) is 0 Å². The first-order chi connectivity index (χ1) is 7.99. The summed E-state index contributed by atoms with van der Waals surface area (Å²) in [4.78, 5) is 0. The fraction of sp³-hybridized carbons (Fsp3) is 1.00. The Hall–Kier alpha value is -0.200. The Morgan fingerprint density at radius 3 is 1.35 bits per heavy atom. The average Bonchev–Trinajstić information content (AvgIpc) is 2.32. The molecule has 0 N–H and O–H groups in total. The van der Waals surface area contributed by atoms with Gasteiger partial charge in [0.15, 0.2) is 12.6 Å². The lowest BCUT2D eigenvalue weighted by molar-refractivity contribution is -0.164. The summed E-state index contributed by atoms with van der Waals surface area (Å²) in [6.45, 7) is 8.61. The normalized spacial score (nSPS) is 18.7. The van der Waals surface area contributed by atoms with E-state index in [1.54, 1.807) is 14.2 Å². The summed E-state index contributed by atoms with van der Waals surface area (Å²) in [6, 6.07) is 0. The molecule has 0 aromatic rings. The van der Waals surface area contributed by atoms with Crippen molar-refractivity contribution in [2.45, 2.75) is 52.5 Å². The van der Waals surface area contributed by atoms with Crippen LogP contribution >= 0.6 is 0 Å². The summed E-state index contributed by atoms with van der Waals surface area (Å²) in [6.07, 6.45) is -0.407. The SMILES string of the molecule is COC(C)OCC(C)OC(C)COC(C)OC. The third-order valence-corrected chi connectivity index (χ3v) is 2.26. The molecular weight excluding hydrogens is 224 g/mol. The van der Waals surface area contributed by atoms with E-state index in [-0.39, 0.29) is 24.8 Å². The van der Waals surface area contributed by atoms with Crippen molar-refractivity contribution in [3.05, 3.63) is 0 Å². The van der Waals surface area contributed by atoms with Crippen LogP contribution in [0.4, 0.5) is 0 Å². The third-order valence-electron chi connectivity index (χ3n) is 2.26. The van der Waals surface area contributed by atoms with Crippen LogP contribution in [0, 0.1) is 0 Å². The predicted octanol–water partition coefficient (Wildman–Crippen LogP) is 1.80. The van der Waals surface area contributed by atoms with Gasteiger partial charge >= 0.3 is 0 Å². The molecule has 0 aromatic carbocycles. The van der Waals surface area contributed by atoms with Crippen LogP contribution in [0.3, 0.4) is 0 Å². The van der Waals surface area contributed by atoms with Gasteiger partial charge in [-0.05, 0) is 27.7 Å². The van der Waals surface area contributed by atoms with Crippen molar-refractivity contribution in [1.29, 1.82) is 0 Å². The van der Waals surface area contributed by atoms with E-state index < -0.39 is 0 Å². The molecule has 5 nitrogen and oxygen atoms in total. The molecule has 0 bridgehead atoms. The van der Waals surface area contributed by atoms with Gasteiger partial charge in [-0.25, -0.2) is 0 Å². The van der Waals surface area contributed by atoms with Crippen molar-refractivity contribution in [1.82, 2.24) is 0 Å². The molecule has 4 unspecified atom stereocenters. The molecule has 0 saturated carbocycles. The topological polar surface area (TPSA) is 46.2 Å². The molecular formula is C12H26O5. The molecule has 5 heteroatoms. The highest BCUT2D eigenvalue weighted by Crippen LogP contribution is 2.03. The monoisotopic (exact) mass is 250 g/mol. The van der Waals surface area contributed by atoms with Crippen LogP contribution in [0.15, 0.2) is 0 Å².